The number of hydrogen-bond acceptors (Lipinski definition) is 3. The first-order chi connectivity index (χ1) is 16.6. The van der Waals surface area contributed by atoms with Crippen molar-refractivity contribution in [3.63, 3.8) is 0 Å². The van der Waals surface area contributed by atoms with Crippen LogP contribution in [0.5, 0.6) is 0 Å². The molecule has 5 aliphatic heterocycles. The number of carbonyl (C=O) groups excluding carboxylic acids is 2. The lowest BCUT2D eigenvalue weighted by Crippen LogP contribution is -2.83. The van der Waals surface area contributed by atoms with Crippen LogP contribution in [0.4, 0.5) is 5.69 Å². The first kappa shape index (κ1) is 20.9. The van der Waals surface area contributed by atoms with Crippen LogP contribution in [-0.2, 0) is 9.59 Å². The number of rotatable bonds is 1. The Balaban J connectivity index is 1.44. The normalized spacial score (nSPS) is 31.6. The summed E-state index contributed by atoms with van der Waals surface area (Å²) in [6.07, 6.45) is 4.04. The lowest BCUT2D eigenvalue weighted by Gasteiger charge is -2.62. The summed E-state index contributed by atoms with van der Waals surface area (Å²) in [7, 11) is 0. The average molecular weight is 468 g/mol. The zero-order valence-corrected chi connectivity index (χ0v) is 20.6. The van der Waals surface area contributed by atoms with Crippen LogP contribution in [-0.4, -0.2) is 44.8 Å². The van der Waals surface area contributed by atoms with Gasteiger partial charge in [-0.3, -0.25) is 9.59 Å². The van der Waals surface area contributed by atoms with Crippen LogP contribution in [0.15, 0.2) is 42.5 Å². The summed E-state index contributed by atoms with van der Waals surface area (Å²) >= 11 is 0. The Bertz CT molecular complexity index is 1430. The van der Waals surface area contributed by atoms with E-state index in [0.717, 1.165) is 33.4 Å². The van der Waals surface area contributed by atoms with Crippen LogP contribution in [0.3, 0.4) is 0 Å². The smallest absolute Gasteiger partial charge is 0.253 e. The van der Waals surface area contributed by atoms with E-state index >= 15 is 0 Å². The number of nitrogens with one attached hydrogen (secondary N) is 1. The molecule has 0 saturated carbocycles. The molecule has 1 aliphatic carbocycles. The van der Waals surface area contributed by atoms with Gasteiger partial charge in [0.2, 0.25) is 17.3 Å². The fourth-order valence-corrected chi connectivity index (χ4v) is 7.81. The summed E-state index contributed by atoms with van der Waals surface area (Å²) in [5.41, 5.74) is 4.92. The molecule has 2 spiro atoms. The molecule has 2 aromatic rings. The van der Waals surface area contributed by atoms with E-state index < -0.39 is 16.5 Å². The molecular formula is C29H29N3O3. The van der Waals surface area contributed by atoms with Crippen LogP contribution >= 0.6 is 0 Å². The Morgan fingerprint density at radius 2 is 1.80 bits per heavy atom. The summed E-state index contributed by atoms with van der Waals surface area (Å²) in [6.45, 7) is 8.92. The topological polar surface area (TPSA) is 75.5 Å². The molecule has 6 aliphatic rings. The van der Waals surface area contributed by atoms with Crippen molar-refractivity contribution in [1.82, 2.24) is 10.2 Å². The second-order valence-electron chi connectivity index (χ2n) is 11.7. The highest BCUT2D eigenvalue weighted by Gasteiger charge is 2.73. The van der Waals surface area contributed by atoms with E-state index in [1.165, 1.54) is 11.1 Å². The zero-order valence-electron chi connectivity index (χ0n) is 20.6. The highest BCUT2D eigenvalue weighted by Crippen LogP contribution is 2.60. The van der Waals surface area contributed by atoms with Crippen molar-refractivity contribution >= 4 is 28.8 Å². The maximum atomic E-state index is 13.9. The van der Waals surface area contributed by atoms with E-state index in [4.69, 9.17) is 0 Å². The van der Waals surface area contributed by atoms with Crippen molar-refractivity contribution in [2.75, 3.05) is 6.54 Å². The highest BCUT2D eigenvalue weighted by atomic mass is 16.5. The van der Waals surface area contributed by atoms with Gasteiger partial charge >= 0.3 is 0 Å². The SMILES string of the molecule is Cc1cc(C)cc(-c2ccc3c(c2)[N+]([O-])=C2C3=CC34NC(=O)C5(CCCN5C3=O)CC4C2(C)C)c1. The molecular weight excluding hydrogens is 438 g/mol. The van der Waals surface area contributed by atoms with E-state index in [9.17, 15) is 14.8 Å². The van der Waals surface area contributed by atoms with E-state index in [1.54, 1.807) is 0 Å². The predicted molar refractivity (Wildman–Crippen MR) is 134 cm³/mol. The quantitative estimate of drug-likeness (QED) is 0.504. The van der Waals surface area contributed by atoms with Gasteiger partial charge in [-0.15, -0.1) is 0 Å². The van der Waals surface area contributed by atoms with Gasteiger partial charge in [-0.05, 0) is 70.2 Å². The van der Waals surface area contributed by atoms with Crippen LogP contribution in [0, 0.1) is 30.4 Å². The average Bonchev–Trinajstić information content (AvgIpc) is 3.35. The van der Waals surface area contributed by atoms with Gasteiger partial charge in [-0.1, -0.05) is 35.4 Å². The molecule has 3 unspecified atom stereocenters. The Hall–Kier alpha value is -3.41. The Morgan fingerprint density at radius 3 is 2.54 bits per heavy atom. The predicted octanol–water partition coefficient (Wildman–Crippen LogP) is 4.24. The van der Waals surface area contributed by atoms with Gasteiger partial charge in [0.25, 0.3) is 5.91 Å². The monoisotopic (exact) mass is 467 g/mol. The Morgan fingerprint density at radius 1 is 1.06 bits per heavy atom. The van der Waals surface area contributed by atoms with Gasteiger partial charge < -0.3 is 15.4 Å². The van der Waals surface area contributed by atoms with Crippen LogP contribution in [0.2, 0.25) is 0 Å². The molecule has 6 heteroatoms. The third-order valence-corrected chi connectivity index (χ3v) is 9.30. The number of nitrogens with zero attached hydrogens (tertiary/aromatic N) is 2. The second-order valence-corrected chi connectivity index (χ2v) is 11.7. The lowest BCUT2D eigenvalue weighted by atomic mass is 9.51. The molecule has 4 fully saturated rings. The van der Waals surface area contributed by atoms with Gasteiger partial charge in [0.1, 0.15) is 11.1 Å². The molecule has 2 amide bonds. The summed E-state index contributed by atoms with van der Waals surface area (Å²) in [4.78, 5) is 29.0. The third kappa shape index (κ3) is 2.33. The number of amides is 2. The Labute approximate surface area is 204 Å². The number of allylic oxidation sites excluding steroid dienone is 1. The van der Waals surface area contributed by atoms with Crippen LogP contribution < -0.4 is 5.32 Å². The van der Waals surface area contributed by atoms with E-state index in [-0.39, 0.29) is 17.7 Å². The van der Waals surface area contributed by atoms with Gasteiger partial charge in [0, 0.05) is 18.5 Å². The maximum absolute atomic E-state index is 13.9. The van der Waals surface area contributed by atoms with Crippen molar-refractivity contribution in [1.29, 1.82) is 0 Å². The number of fused-ring (bicyclic) bond motifs is 4. The number of hydrogen-bond donors (Lipinski definition) is 1. The third-order valence-electron chi connectivity index (χ3n) is 9.30. The number of piperidine rings is 2. The van der Waals surface area contributed by atoms with Gasteiger partial charge in [-0.25, -0.2) is 0 Å². The minimum absolute atomic E-state index is 0.0109. The number of benzene rings is 2. The van der Waals surface area contributed by atoms with Crippen LogP contribution in [0.25, 0.3) is 16.7 Å². The van der Waals surface area contributed by atoms with E-state index in [0.29, 0.717) is 30.8 Å². The first-order valence-electron chi connectivity index (χ1n) is 12.5. The molecule has 0 aromatic heterocycles. The largest absolute Gasteiger partial charge is 0.618 e. The molecule has 5 heterocycles. The van der Waals surface area contributed by atoms with Crippen molar-refractivity contribution in [3.8, 4) is 11.1 Å². The van der Waals surface area contributed by atoms with Crippen molar-refractivity contribution in [2.45, 2.75) is 58.0 Å². The molecule has 3 atom stereocenters. The second kappa shape index (κ2) is 6.23. The fraction of sp³-hybridized carbons (Fsp3) is 0.414. The maximum Gasteiger partial charge on any atom is 0.253 e. The molecule has 35 heavy (non-hydrogen) atoms. The highest BCUT2D eigenvalue weighted by molar-refractivity contribution is 6.30. The molecule has 178 valence electrons. The van der Waals surface area contributed by atoms with Crippen molar-refractivity contribution < 1.29 is 14.3 Å². The molecule has 0 radical (unpaired) electrons. The number of carbonyl (C=O) groups is 2. The molecule has 6 nitrogen and oxygen atoms in total. The minimum Gasteiger partial charge on any atom is -0.618 e. The standard InChI is InChI=1S/C29H29N3O3/c1-16-10-17(2)12-19(11-16)18-6-7-20-21-14-29-23(27(3,4)24(21)32(35)22(20)13-18)15-28(25(33)30-29)8-5-9-31(28)26(29)34/h6-7,10-14,23H,5,8-9,15H2,1-4H3,(H,30,33). The van der Waals surface area contributed by atoms with Crippen molar-refractivity contribution in [2.24, 2.45) is 11.3 Å². The number of piperazine rings is 1. The fourth-order valence-electron chi connectivity index (χ4n) is 7.81. The molecule has 2 aromatic carbocycles. The van der Waals surface area contributed by atoms with E-state index in [2.05, 4.69) is 57.3 Å². The van der Waals surface area contributed by atoms with Crippen molar-refractivity contribution in [3.05, 3.63) is 64.4 Å². The first-order valence-corrected chi connectivity index (χ1v) is 12.5. The van der Waals surface area contributed by atoms with E-state index in [1.807, 2.05) is 23.1 Å². The molecule has 2 bridgehead atoms. The molecule has 4 saturated heterocycles. The summed E-state index contributed by atoms with van der Waals surface area (Å²) in [6, 6.07) is 12.4. The Kier molecular flexibility index (Phi) is 3.72. The summed E-state index contributed by atoms with van der Waals surface area (Å²) in [5, 5.41) is 17.0. The van der Waals surface area contributed by atoms with Gasteiger partial charge in [0.05, 0.1) is 16.6 Å². The zero-order chi connectivity index (χ0) is 24.5. The minimum atomic E-state index is -1.10. The summed E-state index contributed by atoms with van der Waals surface area (Å²) < 4.78 is 1.08. The van der Waals surface area contributed by atoms with Gasteiger partial charge in [0.15, 0.2) is 0 Å². The summed E-state index contributed by atoms with van der Waals surface area (Å²) in [5.74, 6) is -0.217. The number of aryl methyl sites for hydroxylation is 2. The molecule has 1 N–H and O–H groups in total. The van der Waals surface area contributed by atoms with Gasteiger partial charge in [-0.2, -0.15) is 4.74 Å². The van der Waals surface area contributed by atoms with Crippen LogP contribution in [0.1, 0.15) is 49.8 Å². The molecule has 8 rings (SSSR count). The lowest BCUT2D eigenvalue weighted by molar-refractivity contribution is -0.362.